The van der Waals surface area contributed by atoms with Gasteiger partial charge in [-0.3, -0.25) is 4.79 Å². The van der Waals surface area contributed by atoms with Crippen molar-refractivity contribution in [1.82, 2.24) is 4.90 Å². The Bertz CT molecular complexity index is 333. The number of rotatable bonds is 6. The topological polar surface area (TPSA) is 59.5 Å². The third kappa shape index (κ3) is 4.23. The lowest BCUT2D eigenvalue weighted by Crippen LogP contribution is -2.43. The maximum absolute atomic E-state index is 12.1. The Hall–Kier alpha value is -1.29. The molecule has 1 atom stereocenters. The van der Waals surface area contributed by atoms with Crippen molar-refractivity contribution in [3.05, 3.63) is 24.2 Å². The quantitative estimate of drug-likeness (QED) is 0.824. The summed E-state index contributed by atoms with van der Waals surface area (Å²) in [6.07, 6.45) is 2.33. The molecule has 1 aromatic heterocycles. The van der Waals surface area contributed by atoms with Crippen molar-refractivity contribution in [2.75, 3.05) is 6.54 Å². The highest BCUT2D eigenvalue weighted by Gasteiger charge is 2.21. The van der Waals surface area contributed by atoms with Crippen LogP contribution in [0.5, 0.6) is 0 Å². The summed E-state index contributed by atoms with van der Waals surface area (Å²) in [5.74, 6) is 1.21. The average Bonchev–Trinajstić information content (AvgIpc) is 2.76. The lowest BCUT2D eigenvalue weighted by Gasteiger charge is -2.24. The molecule has 0 bridgehead atoms. The van der Waals surface area contributed by atoms with Gasteiger partial charge in [-0.2, -0.15) is 0 Å². The molecule has 1 rings (SSSR count). The molecule has 96 valence electrons. The van der Waals surface area contributed by atoms with E-state index < -0.39 is 6.04 Å². The molecule has 0 aliphatic rings. The fraction of sp³-hybridized carbons (Fsp3) is 0.615. The van der Waals surface area contributed by atoms with E-state index in [2.05, 4.69) is 13.8 Å². The molecule has 0 aliphatic carbocycles. The van der Waals surface area contributed by atoms with Crippen LogP contribution >= 0.6 is 0 Å². The third-order valence-electron chi connectivity index (χ3n) is 2.66. The molecular weight excluding hydrogens is 216 g/mol. The van der Waals surface area contributed by atoms with Crippen molar-refractivity contribution in [1.29, 1.82) is 0 Å². The van der Waals surface area contributed by atoms with Gasteiger partial charge >= 0.3 is 0 Å². The molecule has 2 N–H and O–H groups in total. The molecule has 0 aliphatic heterocycles. The molecule has 1 aromatic rings. The summed E-state index contributed by atoms with van der Waals surface area (Å²) in [7, 11) is 0. The van der Waals surface area contributed by atoms with Crippen molar-refractivity contribution in [2.45, 2.75) is 39.8 Å². The van der Waals surface area contributed by atoms with Crippen LogP contribution in [-0.4, -0.2) is 23.4 Å². The molecule has 4 heteroatoms. The first-order valence-electron chi connectivity index (χ1n) is 6.11. The minimum Gasteiger partial charge on any atom is -0.467 e. The number of nitrogens with zero attached hydrogens (tertiary/aromatic N) is 1. The van der Waals surface area contributed by atoms with Gasteiger partial charge in [0.25, 0.3) is 0 Å². The van der Waals surface area contributed by atoms with Crippen molar-refractivity contribution in [3.63, 3.8) is 0 Å². The molecular formula is C13H22N2O2. The van der Waals surface area contributed by atoms with Crippen LogP contribution in [0.2, 0.25) is 0 Å². The lowest BCUT2D eigenvalue weighted by molar-refractivity contribution is -0.133. The van der Waals surface area contributed by atoms with E-state index in [1.54, 1.807) is 11.2 Å². The van der Waals surface area contributed by atoms with Gasteiger partial charge < -0.3 is 15.1 Å². The monoisotopic (exact) mass is 238 g/mol. The van der Waals surface area contributed by atoms with E-state index in [0.717, 1.165) is 5.76 Å². The second kappa shape index (κ2) is 6.45. The van der Waals surface area contributed by atoms with Gasteiger partial charge in [-0.15, -0.1) is 0 Å². The summed E-state index contributed by atoms with van der Waals surface area (Å²) in [5.41, 5.74) is 5.90. The normalized spacial score (nSPS) is 12.8. The van der Waals surface area contributed by atoms with Gasteiger partial charge in [-0.25, -0.2) is 0 Å². The summed E-state index contributed by atoms with van der Waals surface area (Å²) >= 11 is 0. The van der Waals surface area contributed by atoms with Crippen molar-refractivity contribution in [2.24, 2.45) is 11.7 Å². The second-order valence-corrected chi connectivity index (χ2v) is 4.67. The maximum atomic E-state index is 12.1. The predicted molar refractivity (Wildman–Crippen MR) is 67.2 cm³/mol. The number of hydrogen-bond acceptors (Lipinski definition) is 3. The Kier molecular flexibility index (Phi) is 5.22. The van der Waals surface area contributed by atoms with Gasteiger partial charge in [0.1, 0.15) is 5.76 Å². The predicted octanol–water partition coefficient (Wildman–Crippen LogP) is 2.00. The Morgan fingerprint density at radius 3 is 2.71 bits per heavy atom. The minimum absolute atomic E-state index is 0.00222. The summed E-state index contributed by atoms with van der Waals surface area (Å²) in [6.45, 7) is 7.22. The van der Waals surface area contributed by atoms with Gasteiger partial charge in [-0.1, -0.05) is 13.8 Å². The van der Waals surface area contributed by atoms with E-state index in [-0.39, 0.29) is 5.91 Å². The van der Waals surface area contributed by atoms with Crippen LogP contribution in [-0.2, 0) is 11.3 Å². The first-order valence-corrected chi connectivity index (χ1v) is 6.11. The highest BCUT2D eigenvalue weighted by atomic mass is 16.3. The van der Waals surface area contributed by atoms with E-state index >= 15 is 0 Å². The zero-order valence-corrected chi connectivity index (χ0v) is 10.8. The zero-order valence-electron chi connectivity index (χ0n) is 10.8. The summed E-state index contributed by atoms with van der Waals surface area (Å²) in [4.78, 5) is 13.8. The van der Waals surface area contributed by atoms with Crippen LogP contribution in [0.15, 0.2) is 22.8 Å². The van der Waals surface area contributed by atoms with E-state index in [4.69, 9.17) is 10.2 Å². The molecule has 0 aromatic carbocycles. The van der Waals surface area contributed by atoms with Gasteiger partial charge in [0, 0.05) is 6.54 Å². The molecule has 0 saturated carbocycles. The molecule has 4 nitrogen and oxygen atoms in total. The number of likely N-dealkylation sites (N-methyl/N-ethyl adjacent to an activating group) is 1. The van der Waals surface area contributed by atoms with Crippen LogP contribution < -0.4 is 5.73 Å². The first-order chi connectivity index (χ1) is 8.04. The fourth-order valence-electron chi connectivity index (χ4n) is 1.78. The molecule has 0 radical (unpaired) electrons. The van der Waals surface area contributed by atoms with E-state index in [0.29, 0.717) is 25.4 Å². The van der Waals surface area contributed by atoms with Crippen molar-refractivity contribution in [3.8, 4) is 0 Å². The molecule has 1 unspecified atom stereocenters. The molecule has 1 amide bonds. The number of carbonyl (C=O) groups excluding carboxylic acids is 1. The summed E-state index contributed by atoms with van der Waals surface area (Å²) in [6, 6.07) is 3.27. The fourth-order valence-corrected chi connectivity index (χ4v) is 1.78. The zero-order chi connectivity index (χ0) is 12.8. The summed E-state index contributed by atoms with van der Waals surface area (Å²) < 4.78 is 5.24. The largest absolute Gasteiger partial charge is 0.467 e. The van der Waals surface area contributed by atoms with Gasteiger partial charge in [0.15, 0.2) is 0 Å². The van der Waals surface area contributed by atoms with Crippen molar-refractivity contribution >= 4 is 5.91 Å². The number of furan rings is 1. The standard InChI is InChI=1S/C13H22N2O2/c1-4-15(9-11-6-5-7-17-11)13(16)12(14)8-10(2)3/h5-7,10,12H,4,8-9,14H2,1-3H3. The van der Waals surface area contributed by atoms with E-state index in [1.165, 1.54) is 0 Å². The summed E-state index contributed by atoms with van der Waals surface area (Å²) in [5, 5.41) is 0. The smallest absolute Gasteiger partial charge is 0.239 e. The van der Waals surface area contributed by atoms with E-state index in [1.807, 2.05) is 19.1 Å². The average molecular weight is 238 g/mol. The Morgan fingerprint density at radius 1 is 1.53 bits per heavy atom. The molecule has 17 heavy (non-hydrogen) atoms. The van der Waals surface area contributed by atoms with Crippen LogP contribution in [0.4, 0.5) is 0 Å². The van der Waals surface area contributed by atoms with Crippen LogP contribution in [0.25, 0.3) is 0 Å². The van der Waals surface area contributed by atoms with Gasteiger partial charge in [-0.05, 0) is 31.4 Å². The van der Waals surface area contributed by atoms with Crippen LogP contribution in [0, 0.1) is 5.92 Å². The minimum atomic E-state index is -0.412. The Balaban J connectivity index is 2.57. The molecule has 0 fully saturated rings. The highest BCUT2D eigenvalue weighted by Crippen LogP contribution is 2.10. The number of amides is 1. The number of hydrogen-bond donors (Lipinski definition) is 1. The Morgan fingerprint density at radius 2 is 2.24 bits per heavy atom. The lowest BCUT2D eigenvalue weighted by atomic mass is 10.0. The van der Waals surface area contributed by atoms with Gasteiger partial charge in [0.05, 0.1) is 18.8 Å². The third-order valence-corrected chi connectivity index (χ3v) is 2.66. The number of carbonyl (C=O) groups is 1. The van der Waals surface area contributed by atoms with Crippen LogP contribution in [0.3, 0.4) is 0 Å². The maximum Gasteiger partial charge on any atom is 0.239 e. The molecule has 0 spiro atoms. The van der Waals surface area contributed by atoms with Crippen molar-refractivity contribution < 1.29 is 9.21 Å². The first kappa shape index (κ1) is 13.8. The second-order valence-electron chi connectivity index (χ2n) is 4.67. The Labute approximate surface area is 103 Å². The molecule has 0 saturated heterocycles. The van der Waals surface area contributed by atoms with E-state index in [9.17, 15) is 4.79 Å². The van der Waals surface area contributed by atoms with Gasteiger partial charge in [0.2, 0.25) is 5.91 Å². The SMILES string of the molecule is CCN(Cc1ccco1)C(=O)C(N)CC(C)C. The number of nitrogens with two attached hydrogens (primary N) is 1. The van der Waals surface area contributed by atoms with Crippen LogP contribution in [0.1, 0.15) is 33.0 Å². The highest BCUT2D eigenvalue weighted by molar-refractivity contribution is 5.81. The molecule has 1 heterocycles.